The average molecular weight is 561 g/mol. The van der Waals surface area contributed by atoms with Crippen LogP contribution in [0.1, 0.15) is 31.4 Å². The molecule has 4 rings (SSSR count). The van der Waals surface area contributed by atoms with E-state index in [0.717, 1.165) is 24.8 Å². The molecule has 1 fully saturated rings. The Balaban J connectivity index is 1.29. The van der Waals surface area contributed by atoms with Crippen LogP contribution in [0.5, 0.6) is 0 Å². The summed E-state index contributed by atoms with van der Waals surface area (Å²) in [7, 11) is 0. The highest BCUT2D eigenvalue weighted by Crippen LogP contribution is 2.34. The highest BCUT2D eigenvalue weighted by molar-refractivity contribution is 5.82. The Labute approximate surface area is 217 Å². The summed E-state index contributed by atoms with van der Waals surface area (Å²) in [5.41, 5.74) is -3.63. The van der Waals surface area contributed by atoms with Gasteiger partial charge in [-0.2, -0.15) is 31.4 Å². The smallest absolute Gasteiger partial charge is 0.379 e. The number of fused-ring (bicyclic) bond motifs is 1. The van der Waals surface area contributed by atoms with Crippen LogP contribution in [0.15, 0.2) is 29.6 Å². The van der Waals surface area contributed by atoms with E-state index in [1.165, 1.54) is 4.57 Å². The van der Waals surface area contributed by atoms with Crippen molar-refractivity contribution in [3.63, 3.8) is 0 Å². The van der Waals surface area contributed by atoms with Crippen molar-refractivity contribution in [1.82, 2.24) is 29.6 Å². The van der Waals surface area contributed by atoms with Gasteiger partial charge in [0.05, 0.1) is 53.4 Å². The maximum Gasteiger partial charge on any atom is 0.419 e. The molecule has 0 aromatic carbocycles. The molecule has 0 saturated carbocycles. The number of alkyl halides is 6. The average Bonchev–Trinajstić information content (AvgIpc) is 3.23. The Morgan fingerprint density at radius 3 is 2.36 bits per heavy atom. The quantitative estimate of drug-likeness (QED) is 0.349. The number of carbonyl (C=O) groups excluding carboxylic acids is 1. The van der Waals surface area contributed by atoms with Crippen LogP contribution in [-0.2, 0) is 28.4 Å². The first kappa shape index (κ1) is 28.3. The van der Waals surface area contributed by atoms with Gasteiger partial charge in [0.1, 0.15) is 0 Å². The van der Waals surface area contributed by atoms with Crippen molar-refractivity contribution in [2.24, 2.45) is 0 Å². The molecule has 3 aromatic heterocycles. The molecule has 1 aliphatic rings. The first-order valence-electron chi connectivity index (χ1n) is 11.8. The number of piperazine rings is 1. The van der Waals surface area contributed by atoms with Crippen LogP contribution in [0.25, 0.3) is 10.9 Å². The van der Waals surface area contributed by atoms with Crippen LogP contribution in [0.4, 0.5) is 32.3 Å². The number of H-pyrrole nitrogens is 1. The molecule has 39 heavy (non-hydrogen) atoms. The summed E-state index contributed by atoms with van der Waals surface area (Å²) < 4.78 is 85.1. The van der Waals surface area contributed by atoms with Crippen LogP contribution in [0, 0.1) is 0 Å². The fraction of sp³-hybridized carbons (Fsp3) is 0.522. The zero-order chi connectivity index (χ0) is 28.6. The third-order valence-electron chi connectivity index (χ3n) is 6.39. The Morgan fingerprint density at radius 1 is 1.05 bits per heavy atom. The molecule has 1 amide bonds. The van der Waals surface area contributed by atoms with Gasteiger partial charge in [-0.1, -0.05) is 0 Å². The van der Waals surface area contributed by atoms with Crippen molar-refractivity contribution < 1.29 is 35.9 Å². The minimum absolute atomic E-state index is 0.00317. The highest BCUT2D eigenvalue weighted by Gasteiger charge is 2.38. The summed E-state index contributed by atoms with van der Waals surface area (Å²) in [4.78, 5) is 35.8. The lowest BCUT2D eigenvalue weighted by Crippen LogP contribution is -2.61. The lowest BCUT2D eigenvalue weighted by atomic mass is 9.98. The Bertz CT molecular complexity index is 1380. The summed E-state index contributed by atoms with van der Waals surface area (Å²) in [5.74, 6) is -0.0793. The number of anilines is 1. The van der Waals surface area contributed by atoms with Gasteiger partial charge in [-0.15, -0.1) is 0 Å². The molecule has 0 aliphatic carbocycles. The van der Waals surface area contributed by atoms with E-state index in [0.29, 0.717) is 13.1 Å². The topological polar surface area (TPSA) is 109 Å². The van der Waals surface area contributed by atoms with Crippen LogP contribution >= 0.6 is 0 Å². The van der Waals surface area contributed by atoms with E-state index in [1.54, 1.807) is 9.80 Å². The first-order chi connectivity index (χ1) is 18.2. The number of halogens is 6. The highest BCUT2D eigenvalue weighted by atomic mass is 19.4. The molecule has 0 bridgehead atoms. The Hall–Kier alpha value is -3.69. The number of rotatable bonds is 7. The van der Waals surface area contributed by atoms with Gasteiger partial charge in [0.15, 0.2) is 0 Å². The molecule has 16 heteroatoms. The minimum Gasteiger partial charge on any atom is -0.379 e. The zero-order valence-corrected chi connectivity index (χ0v) is 20.9. The van der Waals surface area contributed by atoms with E-state index in [4.69, 9.17) is 4.74 Å². The SMILES string of the molecule is CC1(C)CN(c2ncc(C(F)(F)F)cn2)CCN1C(=O)CCOCCn1cc(C(F)(F)F)c2c(=O)[nH]ncc21. The first-order valence-corrected chi connectivity index (χ1v) is 11.8. The maximum atomic E-state index is 13.4. The second kappa shape index (κ2) is 10.5. The molecule has 0 atom stereocenters. The Kier molecular flexibility index (Phi) is 7.60. The van der Waals surface area contributed by atoms with Crippen molar-refractivity contribution in [2.45, 2.75) is 44.7 Å². The van der Waals surface area contributed by atoms with Crippen molar-refractivity contribution in [2.75, 3.05) is 37.7 Å². The zero-order valence-electron chi connectivity index (χ0n) is 20.9. The van der Waals surface area contributed by atoms with Crippen molar-refractivity contribution in [3.05, 3.63) is 46.3 Å². The normalized spacial score (nSPS) is 16.2. The van der Waals surface area contributed by atoms with Crippen molar-refractivity contribution in [3.8, 4) is 0 Å². The predicted molar refractivity (Wildman–Crippen MR) is 126 cm³/mol. The van der Waals surface area contributed by atoms with Gasteiger partial charge in [-0.25, -0.2) is 15.1 Å². The van der Waals surface area contributed by atoms with Crippen LogP contribution in [0.2, 0.25) is 0 Å². The number of nitrogens with one attached hydrogen (secondary N) is 1. The summed E-state index contributed by atoms with van der Waals surface area (Å²) >= 11 is 0. The summed E-state index contributed by atoms with van der Waals surface area (Å²) in [6.07, 6.45) is -5.84. The van der Waals surface area contributed by atoms with E-state index in [-0.39, 0.29) is 50.1 Å². The molecular formula is C23H25F6N7O3. The second-order valence-electron chi connectivity index (χ2n) is 9.60. The van der Waals surface area contributed by atoms with E-state index < -0.39 is 40.0 Å². The van der Waals surface area contributed by atoms with Gasteiger partial charge >= 0.3 is 12.4 Å². The summed E-state index contributed by atoms with van der Waals surface area (Å²) in [5, 5.41) is 5.07. The molecule has 4 heterocycles. The largest absolute Gasteiger partial charge is 0.419 e. The van der Waals surface area contributed by atoms with Crippen molar-refractivity contribution >= 4 is 22.8 Å². The monoisotopic (exact) mass is 561 g/mol. The number of nitrogens with zero attached hydrogens (tertiary/aromatic N) is 6. The maximum absolute atomic E-state index is 13.4. The molecule has 0 spiro atoms. The molecular weight excluding hydrogens is 536 g/mol. The lowest BCUT2D eigenvalue weighted by Gasteiger charge is -2.47. The van der Waals surface area contributed by atoms with E-state index in [2.05, 4.69) is 15.1 Å². The Morgan fingerprint density at radius 2 is 1.74 bits per heavy atom. The number of hydrogen-bond donors (Lipinski definition) is 1. The number of hydrogen-bond acceptors (Lipinski definition) is 7. The van der Waals surface area contributed by atoms with Crippen LogP contribution in [0.3, 0.4) is 0 Å². The second-order valence-corrected chi connectivity index (χ2v) is 9.60. The van der Waals surface area contributed by atoms with Crippen LogP contribution in [-0.4, -0.2) is 73.9 Å². The number of carbonyl (C=O) groups is 1. The number of aromatic amines is 1. The van der Waals surface area contributed by atoms with Gasteiger partial charge in [-0.05, 0) is 13.8 Å². The van der Waals surface area contributed by atoms with Gasteiger partial charge in [0.25, 0.3) is 5.56 Å². The number of aromatic nitrogens is 5. The molecule has 0 radical (unpaired) electrons. The summed E-state index contributed by atoms with van der Waals surface area (Å²) in [6.45, 7) is 4.53. The van der Waals surface area contributed by atoms with E-state index >= 15 is 0 Å². The van der Waals surface area contributed by atoms with Crippen LogP contribution < -0.4 is 10.5 Å². The number of ether oxygens (including phenoxy) is 1. The van der Waals surface area contributed by atoms with E-state index in [1.807, 2.05) is 18.9 Å². The van der Waals surface area contributed by atoms with Crippen molar-refractivity contribution in [1.29, 1.82) is 0 Å². The predicted octanol–water partition coefficient (Wildman–Crippen LogP) is 3.09. The molecule has 10 nitrogen and oxygen atoms in total. The third-order valence-corrected chi connectivity index (χ3v) is 6.39. The van der Waals surface area contributed by atoms with Gasteiger partial charge in [-0.3, -0.25) is 9.59 Å². The molecule has 1 N–H and O–H groups in total. The van der Waals surface area contributed by atoms with Gasteiger partial charge in [0, 0.05) is 44.8 Å². The fourth-order valence-electron chi connectivity index (χ4n) is 4.53. The minimum atomic E-state index is -4.72. The standard InChI is InChI=1S/C23H25F6N7O3/c1-21(2)13-35(20-30-9-14(10-31-20)22(24,25)26)4-5-36(21)17(37)3-7-39-8-6-34-12-15(23(27,28)29)18-16(34)11-32-33-19(18)38/h9-12H,3-8,13H2,1-2H3,(H,33,38). The molecule has 3 aromatic rings. The molecule has 0 unspecified atom stereocenters. The molecule has 1 aliphatic heterocycles. The van der Waals surface area contributed by atoms with E-state index in [9.17, 15) is 35.9 Å². The lowest BCUT2D eigenvalue weighted by molar-refractivity contribution is -0.139. The number of amides is 1. The van der Waals surface area contributed by atoms with Gasteiger partial charge < -0.3 is 19.1 Å². The summed E-state index contributed by atoms with van der Waals surface area (Å²) in [6, 6.07) is 0. The molecule has 212 valence electrons. The molecule has 1 saturated heterocycles. The third kappa shape index (κ3) is 6.15. The fourth-order valence-corrected chi connectivity index (χ4v) is 4.53. The van der Waals surface area contributed by atoms with Gasteiger partial charge in [0.2, 0.25) is 11.9 Å².